The van der Waals surface area contributed by atoms with E-state index in [-0.39, 0.29) is 24.5 Å². The molecule has 6 nitrogen and oxygen atoms in total. The molecule has 1 amide bonds. The minimum Gasteiger partial charge on any atom is -0.482 e. The van der Waals surface area contributed by atoms with Crippen molar-refractivity contribution in [1.82, 2.24) is 4.90 Å². The van der Waals surface area contributed by atoms with Crippen LogP contribution in [0.4, 0.5) is 0 Å². The molecule has 33 heavy (non-hydrogen) atoms. The Labute approximate surface area is 200 Å². The molecule has 0 spiro atoms. The van der Waals surface area contributed by atoms with Gasteiger partial charge in [-0.3, -0.25) is 14.7 Å². The number of carbonyl (C=O) groups excluding carboxylic acids is 2. The van der Waals surface area contributed by atoms with Crippen molar-refractivity contribution in [2.24, 2.45) is 4.99 Å². The van der Waals surface area contributed by atoms with Gasteiger partial charge < -0.3 is 9.47 Å². The Morgan fingerprint density at radius 2 is 1.73 bits per heavy atom. The van der Waals surface area contributed by atoms with Gasteiger partial charge in [-0.25, -0.2) is 4.79 Å². The monoisotopic (exact) mass is 470 g/mol. The largest absolute Gasteiger partial charge is 0.482 e. The van der Waals surface area contributed by atoms with Gasteiger partial charge in [0.25, 0.3) is 5.91 Å². The highest BCUT2D eigenvalue weighted by molar-refractivity contribution is 8.18. The Hall–Kier alpha value is -2.28. The van der Waals surface area contributed by atoms with E-state index in [0.29, 0.717) is 18.4 Å². The van der Waals surface area contributed by atoms with Crippen LogP contribution in [0, 0.1) is 0 Å². The van der Waals surface area contributed by atoms with E-state index >= 15 is 0 Å². The molecule has 0 atom stereocenters. The summed E-state index contributed by atoms with van der Waals surface area (Å²) in [6.07, 6.45) is 13.7. The topological polar surface area (TPSA) is 68.2 Å². The lowest BCUT2D eigenvalue weighted by Gasteiger charge is -2.31. The van der Waals surface area contributed by atoms with Crippen molar-refractivity contribution in [3.05, 3.63) is 34.7 Å². The molecule has 1 aliphatic heterocycles. The van der Waals surface area contributed by atoms with Gasteiger partial charge in [-0.2, -0.15) is 0 Å². The standard InChI is InChI=1S/C26H34N2O4S/c1-2-31-24(29)18-32-22-15-13-19(14-16-22)17-23-25(30)28(21-11-7-4-8-12-21)26(33-23)27-20-9-5-3-6-10-20/h13-17,20-21H,2-12,18H2,1H3. The summed E-state index contributed by atoms with van der Waals surface area (Å²) in [5.74, 6) is 0.298. The van der Waals surface area contributed by atoms with Crippen LogP contribution in [0.25, 0.3) is 6.08 Å². The summed E-state index contributed by atoms with van der Waals surface area (Å²) in [4.78, 5) is 32.7. The van der Waals surface area contributed by atoms with Crippen molar-refractivity contribution >= 4 is 34.9 Å². The number of thioether (sulfide) groups is 1. The van der Waals surface area contributed by atoms with Gasteiger partial charge in [-0.05, 0) is 68.1 Å². The molecule has 3 aliphatic rings. The zero-order valence-electron chi connectivity index (χ0n) is 19.5. The molecule has 0 bridgehead atoms. The van der Waals surface area contributed by atoms with Crippen LogP contribution in [0.2, 0.25) is 0 Å². The molecule has 0 radical (unpaired) electrons. The molecular formula is C26H34N2O4S. The first kappa shape index (κ1) is 23.9. The maximum atomic E-state index is 13.4. The average Bonchev–Trinajstić information content (AvgIpc) is 3.14. The van der Waals surface area contributed by atoms with E-state index < -0.39 is 0 Å². The van der Waals surface area contributed by atoms with Gasteiger partial charge in [0.15, 0.2) is 11.8 Å². The molecule has 4 rings (SSSR count). The van der Waals surface area contributed by atoms with Crippen molar-refractivity contribution in [2.75, 3.05) is 13.2 Å². The third-order valence-electron chi connectivity index (χ3n) is 6.48. The van der Waals surface area contributed by atoms with Gasteiger partial charge >= 0.3 is 5.97 Å². The van der Waals surface area contributed by atoms with Crippen LogP contribution in [0.15, 0.2) is 34.2 Å². The van der Waals surface area contributed by atoms with Crippen LogP contribution in [0.3, 0.4) is 0 Å². The number of ether oxygens (including phenoxy) is 2. The van der Waals surface area contributed by atoms with Gasteiger partial charge in [0.1, 0.15) is 5.75 Å². The van der Waals surface area contributed by atoms with E-state index in [4.69, 9.17) is 14.5 Å². The van der Waals surface area contributed by atoms with Crippen molar-refractivity contribution in [2.45, 2.75) is 83.2 Å². The highest BCUT2D eigenvalue weighted by Gasteiger charge is 2.39. The highest BCUT2D eigenvalue weighted by atomic mass is 32.2. The molecule has 1 aromatic carbocycles. The zero-order valence-corrected chi connectivity index (χ0v) is 20.3. The number of nitrogens with zero attached hydrogens (tertiary/aromatic N) is 2. The molecule has 2 saturated carbocycles. The number of rotatable bonds is 7. The average molecular weight is 471 g/mol. The minimum absolute atomic E-state index is 0.0871. The Morgan fingerprint density at radius 3 is 2.39 bits per heavy atom. The van der Waals surface area contributed by atoms with E-state index in [1.165, 1.54) is 50.3 Å². The SMILES string of the molecule is CCOC(=O)COc1ccc(C=C2SC(=NC3CCCCC3)N(C3CCCCC3)C2=O)cc1. The Morgan fingerprint density at radius 1 is 1.06 bits per heavy atom. The Balaban J connectivity index is 1.49. The van der Waals surface area contributed by atoms with E-state index in [2.05, 4.69) is 0 Å². The van der Waals surface area contributed by atoms with Crippen molar-refractivity contribution in [1.29, 1.82) is 0 Å². The van der Waals surface area contributed by atoms with Crippen molar-refractivity contribution < 1.29 is 19.1 Å². The zero-order chi connectivity index (χ0) is 23.0. The molecule has 178 valence electrons. The van der Waals surface area contributed by atoms with Crippen LogP contribution in [0.1, 0.15) is 76.7 Å². The highest BCUT2D eigenvalue weighted by Crippen LogP contribution is 2.38. The quantitative estimate of drug-likeness (QED) is 0.385. The number of aliphatic imine (C=N–C) groups is 1. The molecule has 3 fully saturated rings. The number of amidine groups is 1. The molecule has 1 heterocycles. The smallest absolute Gasteiger partial charge is 0.344 e. The van der Waals surface area contributed by atoms with Crippen LogP contribution in [0.5, 0.6) is 5.75 Å². The predicted molar refractivity (Wildman–Crippen MR) is 132 cm³/mol. The molecule has 0 unspecified atom stereocenters. The fourth-order valence-electron chi connectivity index (χ4n) is 4.76. The predicted octanol–water partition coefficient (Wildman–Crippen LogP) is 5.57. The van der Waals surface area contributed by atoms with Crippen LogP contribution >= 0.6 is 11.8 Å². The van der Waals surface area contributed by atoms with Crippen molar-refractivity contribution in [3.63, 3.8) is 0 Å². The fourth-order valence-corrected chi connectivity index (χ4v) is 5.87. The number of benzene rings is 1. The van der Waals surface area contributed by atoms with Gasteiger partial charge in [0.05, 0.1) is 17.6 Å². The number of amides is 1. The summed E-state index contributed by atoms with van der Waals surface area (Å²) in [5, 5.41) is 0.902. The maximum Gasteiger partial charge on any atom is 0.344 e. The lowest BCUT2D eigenvalue weighted by molar-refractivity contribution is -0.145. The Kier molecular flexibility index (Phi) is 8.48. The number of carbonyl (C=O) groups is 2. The minimum atomic E-state index is -0.385. The molecule has 0 N–H and O–H groups in total. The van der Waals surface area contributed by atoms with E-state index in [1.54, 1.807) is 6.92 Å². The summed E-state index contributed by atoms with van der Waals surface area (Å²) < 4.78 is 10.4. The van der Waals surface area contributed by atoms with Crippen LogP contribution < -0.4 is 4.74 Å². The molecular weight excluding hydrogens is 436 g/mol. The van der Waals surface area contributed by atoms with E-state index in [9.17, 15) is 9.59 Å². The first-order valence-corrected chi connectivity index (χ1v) is 13.1. The molecule has 0 aromatic heterocycles. The fraction of sp³-hybridized carbons (Fsp3) is 0.577. The second kappa shape index (κ2) is 11.7. The first-order valence-electron chi connectivity index (χ1n) is 12.3. The first-order chi connectivity index (χ1) is 16.1. The summed E-state index contributed by atoms with van der Waals surface area (Å²) in [6, 6.07) is 8.04. The van der Waals surface area contributed by atoms with Gasteiger partial charge in [-0.15, -0.1) is 0 Å². The number of hydrogen-bond donors (Lipinski definition) is 0. The second-order valence-corrected chi connectivity index (χ2v) is 9.95. The van der Waals surface area contributed by atoms with Gasteiger partial charge in [0, 0.05) is 6.04 Å². The lowest BCUT2D eigenvalue weighted by atomic mass is 9.94. The van der Waals surface area contributed by atoms with Gasteiger partial charge in [0.2, 0.25) is 0 Å². The van der Waals surface area contributed by atoms with Crippen molar-refractivity contribution in [3.8, 4) is 5.75 Å². The molecule has 1 aromatic rings. The maximum absolute atomic E-state index is 13.4. The molecule has 1 saturated heterocycles. The summed E-state index contributed by atoms with van der Waals surface area (Å²) in [7, 11) is 0. The number of hydrogen-bond acceptors (Lipinski definition) is 6. The summed E-state index contributed by atoms with van der Waals surface area (Å²) >= 11 is 1.53. The third-order valence-corrected chi connectivity index (χ3v) is 7.48. The van der Waals surface area contributed by atoms with Crippen LogP contribution in [-0.2, 0) is 14.3 Å². The van der Waals surface area contributed by atoms with E-state index in [0.717, 1.165) is 41.3 Å². The molecule has 7 heteroatoms. The number of esters is 1. The normalized spacial score (nSPS) is 22.8. The summed E-state index contributed by atoms with van der Waals surface area (Å²) in [6.45, 7) is 1.99. The second-order valence-electron chi connectivity index (χ2n) is 8.94. The third kappa shape index (κ3) is 6.40. The summed E-state index contributed by atoms with van der Waals surface area (Å²) in [5.41, 5.74) is 0.928. The molecule has 2 aliphatic carbocycles. The van der Waals surface area contributed by atoms with E-state index in [1.807, 2.05) is 35.2 Å². The lowest BCUT2D eigenvalue weighted by Crippen LogP contribution is -2.41. The van der Waals surface area contributed by atoms with Gasteiger partial charge in [-0.1, -0.05) is 50.7 Å². The van der Waals surface area contributed by atoms with Crippen LogP contribution in [-0.4, -0.2) is 47.2 Å². The Bertz CT molecular complexity index is 884.